The van der Waals surface area contributed by atoms with Crippen LogP contribution in [0, 0.1) is 0 Å². The van der Waals surface area contributed by atoms with E-state index in [4.69, 9.17) is 28.9 Å². The van der Waals surface area contributed by atoms with E-state index in [1.54, 1.807) is 6.92 Å². The molecule has 1 rings (SSSR count). The molecular formula is C9H12Cl2N2O2S. The van der Waals surface area contributed by atoms with Crippen LogP contribution < -0.4 is 10.5 Å². The fraction of sp³-hybridized carbons (Fsp3) is 0.333. The largest absolute Gasteiger partial charge is 0.329 e. The van der Waals surface area contributed by atoms with Crippen molar-refractivity contribution in [1.29, 1.82) is 0 Å². The third kappa shape index (κ3) is 3.33. The Labute approximate surface area is 105 Å². The van der Waals surface area contributed by atoms with Crippen molar-refractivity contribution in [3.8, 4) is 0 Å². The number of benzene rings is 1. The highest BCUT2D eigenvalue weighted by atomic mass is 35.5. The zero-order chi connectivity index (χ0) is 12.3. The molecule has 90 valence electrons. The van der Waals surface area contributed by atoms with Gasteiger partial charge in [-0.2, -0.15) is 0 Å². The Bertz CT molecular complexity index is 476. The molecule has 0 saturated heterocycles. The molecule has 0 radical (unpaired) electrons. The summed E-state index contributed by atoms with van der Waals surface area (Å²) in [5.74, 6) is 0. The third-order valence-electron chi connectivity index (χ3n) is 1.91. The van der Waals surface area contributed by atoms with Crippen LogP contribution in [0.5, 0.6) is 0 Å². The van der Waals surface area contributed by atoms with Gasteiger partial charge in [-0.05, 0) is 25.1 Å². The topological polar surface area (TPSA) is 72.2 Å². The van der Waals surface area contributed by atoms with Crippen LogP contribution >= 0.6 is 23.2 Å². The molecule has 3 N–H and O–H groups in total. The van der Waals surface area contributed by atoms with E-state index in [0.717, 1.165) is 0 Å². The first-order chi connectivity index (χ1) is 7.36. The lowest BCUT2D eigenvalue weighted by atomic mass is 10.4. The van der Waals surface area contributed by atoms with Crippen LogP contribution in [0.3, 0.4) is 0 Å². The summed E-state index contributed by atoms with van der Waals surface area (Å²) < 4.78 is 26.0. The molecule has 16 heavy (non-hydrogen) atoms. The normalized spacial score (nSPS) is 13.8. The van der Waals surface area contributed by atoms with Gasteiger partial charge in [0.25, 0.3) is 0 Å². The van der Waals surface area contributed by atoms with Crippen molar-refractivity contribution >= 4 is 33.2 Å². The fourth-order valence-corrected chi connectivity index (χ4v) is 2.67. The lowest BCUT2D eigenvalue weighted by molar-refractivity contribution is 0.562. The van der Waals surface area contributed by atoms with E-state index in [-0.39, 0.29) is 22.5 Å². The van der Waals surface area contributed by atoms with E-state index in [9.17, 15) is 8.42 Å². The van der Waals surface area contributed by atoms with E-state index in [0.29, 0.717) is 5.02 Å². The second-order valence-electron chi connectivity index (χ2n) is 3.33. The highest BCUT2D eigenvalue weighted by Crippen LogP contribution is 2.24. The van der Waals surface area contributed by atoms with Gasteiger partial charge in [0.15, 0.2) is 0 Å². The molecule has 0 aromatic heterocycles. The van der Waals surface area contributed by atoms with E-state index in [1.165, 1.54) is 18.2 Å². The molecule has 4 nitrogen and oxygen atoms in total. The minimum absolute atomic E-state index is 0.0715. The van der Waals surface area contributed by atoms with Gasteiger partial charge >= 0.3 is 0 Å². The summed E-state index contributed by atoms with van der Waals surface area (Å²) in [4.78, 5) is 0.0715. The lowest BCUT2D eigenvalue weighted by Crippen LogP contribution is -2.37. The van der Waals surface area contributed by atoms with Crippen LogP contribution in [0.4, 0.5) is 0 Å². The molecule has 0 amide bonds. The minimum atomic E-state index is -3.58. The molecule has 0 aliphatic rings. The summed E-state index contributed by atoms with van der Waals surface area (Å²) in [6, 6.07) is 3.79. The van der Waals surface area contributed by atoms with Gasteiger partial charge < -0.3 is 5.73 Å². The van der Waals surface area contributed by atoms with Crippen LogP contribution in [0.15, 0.2) is 23.1 Å². The number of halogens is 2. The highest BCUT2D eigenvalue weighted by Gasteiger charge is 2.17. The van der Waals surface area contributed by atoms with Crippen molar-refractivity contribution in [3.05, 3.63) is 28.2 Å². The van der Waals surface area contributed by atoms with Crippen LogP contribution in [-0.4, -0.2) is 21.0 Å². The number of hydrogen-bond acceptors (Lipinski definition) is 3. The van der Waals surface area contributed by atoms with Crippen LogP contribution in [-0.2, 0) is 10.0 Å². The Morgan fingerprint density at radius 1 is 1.38 bits per heavy atom. The van der Waals surface area contributed by atoms with Crippen molar-refractivity contribution in [2.75, 3.05) is 6.54 Å². The van der Waals surface area contributed by atoms with E-state index in [1.807, 2.05) is 0 Å². The molecule has 0 spiro atoms. The average molecular weight is 283 g/mol. The second kappa shape index (κ2) is 5.33. The smallest absolute Gasteiger partial charge is 0.240 e. The number of rotatable bonds is 4. The maximum atomic E-state index is 11.8. The Morgan fingerprint density at radius 3 is 2.50 bits per heavy atom. The monoisotopic (exact) mass is 282 g/mol. The van der Waals surface area contributed by atoms with Gasteiger partial charge in [-0.15, -0.1) is 0 Å². The summed E-state index contributed by atoms with van der Waals surface area (Å²) in [5.41, 5.74) is 5.34. The molecule has 0 saturated carbocycles. The zero-order valence-corrected chi connectivity index (χ0v) is 10.9. The number of nitrogens with one attached hydrogen (secondary N) is 1. The van der Waals surface area contributed by atoms with Gasteiger partial charge in [0.05, 0.1) is 14.9 Å². The summed E-state index contributed by atoms with van der Waals surface area (Å²) in [5, 5.41) is 0.512. The van der Waals surface area contributed by atoms with E-state index < -0.39 is 10.0 Å². The number of nitrogens with two attached hydrogens (primary N) is 1. The molecule has 1 aromatic carbocycles. The second-order valence-corrected chi connectivity index (χ2v) is 5.86. The molecule has 0 unspecified atom stereocenters. The summed E-state index contributed by atoms with van der Waals surface area (Å²) >= 11 is 11.4. The Hall–Kier alpha value is -0.330. The van der Waals surface area contributed by atoms with Gasteiger partial charge in [0, 0.05) is 12.6 Å². The quantitative estimate of drug-likeness (QED) is 0.882. The standard InChI is InChI=1S/C9H12Cl2N2O2S/c1-6(5-12)13-16(14,15)7-2-3-8(10)9(11)4-7/h2-4,6,13H,5,12H2,1H3/t6-/m0/s1. The first-order valence-corrected chi connectivity index (χ1v) is 6.78. The lowest BCUT2D eigenvalue weighted by Gasteiger charge is -2.12. The molecule has 1 atom stereocenters. The first-order valence-electron chi connectivity index (χ1n) is 4.54. The van der Waals surface area contributed by atoms with Crippen molar-refractivity contribution in [2.24, 2.45) is 5.73 Å². The predicted molar refractivity (Wildman–Crippen MR) is 65.3 cm³/mol. The van der Waals surface area contributed by atoms with Gasteiger partial charge in [0.2, 0.25) is 10.0 Å². The summed E-state index contributed by atoms with van der Waals surface area (Å²) in [7, 11) is -3.58. The van der Waals surface area contributed by atoms with Crippen LogP contribution in [0.1, 0.15) is 6.92 Å². The van der Waals surface area contributed by atoms with Gasteiger partial charge in [-0.1, -0.05) is 23.2 Å². The molecule has 0 fully saturated rings. The molecule has 7 heteroatoms. The van der Waals surface area contributed by atoms with E-state index >= 15 is 0 Å². The van der Waals surface area contributed by atoms with Gasteiger partial charge in [-0.25, -0.2) is 13.1 Å². The SMILES string of the molecule is C[C@@H](CN)NS(=O)(=O)c1ccc(Cl)c(Cl)c1. The van der Waals surface area contributed by atoms with Crippen LogP contribution in [0.25, 0.3) is 0 Å². The predicted octanol–water partition coefficient (Wildman–Crippen LogP) is 1.62. The molecule has 0 bridgehead atoms. The highest BCUT2D eigenvalue weighted by molar-refractivity contribution is 7.89. The third-order valence-corrected chi connectivity index (χ3v) is 4.24. The molecule has 0 aliphatic heterocycles. The van der Waals surface area contributed by atoms with Crippen LogP contribution in [0.2, 0.25) is 10.0 Å². The van der Waals surface area contributed by atoms with E-state index in [2.05, 4.69) is 4.72 Å². The summed E-state index contributed by atoms with van der Waals surface area (Å²) in [6.07, 6.45) is 0. The van der Waals surface area contributed by atoms with Gasteiger partial charge in [-0.3, -0.25) is 0 Å². The Balaban J connectivity index is 3.03. The Morgan fingerprint density at radius 2 is 2.00 bits per heavy atom. The first kappa shape index (κ1) is 13.7. The molecular weight excluding hydrogens is 271 g/mol. The van der Waals surface area contributed by atoms with Crippen molar-refractivity contribution in [2.45, 2.75) is 17.9 Å². The zero-order valence-electron chi connectivity index (χ0n) is 8.57. The maximum Gasteiger partial charge on any atom is 0.240 e. The number of hydrogen-bond donors (Lipinski definition) is 2. The number of sulfonamides is 1. The Kier molecular flexibility index (Phi) is 4.58. The van der Waals surface area contributed by atoms with Crippen molar-refractivity contribution in [1.82, 2.24) is 4.72 Å². The summed E-state index contributed by atoms with van der Waals surface area (Å²) in [6.45, 7) is 1.90. The van der Waals surface area contributed by atoms with Crippen molar-refractivity contribution in [3.63, 3.8) is 0 Å². The minimum Gasteiger partial charge on any atom is -0.329 e. The van der Waals surface area contributed by atoms with Crippen molar-refractivity contribution < 1.29 is 8.42 Å². The molecule has 0 heterocycles. The maximum absolute atomic E-state index is 11.8. The fourth-order valence-electron chi connectivity index (χ4n) is 1.03. The molecule has 0 aliphatic carbocycles. The molecule has 1 aromatic rings. The average Bonchev–Trinajstić information content (AvgIpc) is 2.21. The van der Waals surface area contributed by atoms with Gasteiger partial charge in [0.1, 0.15) is 0 Å².